The fourth-order valence-electron chi connectivity index (χ4n) is 1.73. The molecule has 0 atom stereocenters. The van der Waals surface area contributed by atoms with Crippen molar-refractivity contribution in [1.82, 2.24) is 4.98 Å². The van der Waals surface area contributed by atoms with Crippen molar-refractivity contribution in [2.75, 3.05) is 18.2 Å². The van der Waals surface area contributed by atoms with E-state index in [1.165, 1.54) is 12.0 Å². The molecule has 0 radical (unpaired) electrons. The van der Waals surface area contributed by atoms with Crippen LogP contribution in [0.5, 0.6) is 0 Å². The van der Waals surface area contributed by atoms with E-state index in [-0.39, 0.29) is 0 Å². The number of anilines is 2. The number of hydrogen-bond acceptors (Lipinski definition) is 6. The number of benzene rings is 1. The summed E-state index contributed by atoms with van der Waals surface area (Å²) in [7, 11) is 1.35. The third-order valence-electron chi connectivity index (χ3n) is 2.85. The number of nitrogen functional groups attached to an aromatic ring is 1. The van der Waals surface area contributed by atoms with Gasteiger partial charge in [-0.05, 0) is 24.6 Å². The van der Waals surface area contributed by atoms with Gasteiger partial charge >= 0.3 is 5.97 Å². The average molecular weight is 291 g/mol. The van der Waals surface area contributed by atoms with Crippen LogP contribution in [0.25, 0.3) is 0 Å². The summed E-state index contributed by atoms with van der Waals surface area (Å²) >= 11 is 1.68. The van der Waals surface area contributed by atoms with E-state index in [9.17, 15) is 4.79 Å². The standard InChI is InChI=1S/C14H17N3O2S/c1-3-10-7-17-13(20-10)8-16-12-5-4-9(6-11(12)15)14(18)19-2/h4-7,16H,3,8,15H2,1-2H3. The Morgan fingerprint density at radius 1 is 1.50 bits per heavy atom. The zero-order chi connectivity index (χ0) is 14.5. The lowest BCUT2D eigenvalue weighted by atomic mass is 10.1. The number of carbonyl (C=O) groups excluding carboxylic acids is 1. The average Bonchev–Trinajstić information content (AvgIpc) is 2.93. The lowest BCUT2D eigenvalue weighted by molar-refractivity contribution is 0.0601. The minimum Gasteiger partial charge on any atom is -0.465 e. The molecule has 2 aromatic rings. The van der Waals surface area contributed by atoms with Crippen LogP contribution in [-0.4, -0.2) is 18.1 Å². The van der Waals surface area contributed by atoms with E-state index in [1.54, 1.807) is 29.5 Å². The van der Waals surface area contributed by atoms with Gasteiger partial charge in [-0.15, -0.1) is 11.3 Å². The number of nitrogens with zero attached hydrogens (tertiary/aromatic N) is 1. The molecule has 1 aromatic carbocycles. The molecule has 5 nitrogen and oxygen atoms in total. The van der Waals surface area contributed by atoms with E-state index >= 15 is 0 Å². The molecule has 2 rings (SSSR count). The molecule has 6 heteroatoms. The van der Waals surface area contributed by atoms with Crippen LogP contribution in [0.1, 0.15) is 27.2 Å². The number of thiazole rings is 1. The Labute approximate surface area is 121 Å². The molecular weight excluding hydrogens is 274 g/mol. The number of hydrogen-bond donors (Lipinski definition) is 2. The number of carbonyl (C=O) groups is 1. The highest BCUT2D eigenvalue weighted by Crippen LogP contribution is 2.22. The number of ether oxygens (including phenoxy) is 1. The highest BCUT2D eigenvalue weighted by Gasteiger charge is 2.08. The SMILES string of the molecule is CCc1cnc(CNc2ccc(C(=O)OC)cc2N)s1. The summed E-state index contributed by atoms with van der Waals surface area (Å²) in [5.74, 6) is -0.393. The highest BCUT2D eigenvalue weighted by atomic mass is 32.1. The lowest BCUT2D eigenvalue weighted by Crippen LogP contribution is -2.05. The molecule has 106 valence electrons. The molecule has 0 aliphatic heterocycles. The Hall–Kier alpha value is -2.08. The Balaban J connectivity index is 2.04. The molecule has 1 heterocycles. The molecule has 3 N–H and O–H groups in total. The van der Waals surface area contributed by atoms with Crippen molar-refractivity contribution in [1.29, 1.82) is 0 Å². The molecule has 0 amide bonds. The number of aromatic nitrogens is 1. The number of nitrogens with one attached hydrogen (secondary N) is 1. The first-order chi connectivity index (χ1) is 9.63. The fraction of sp³-hybridized carbons (Fsp3) is 0.286. The first-order valence-corrected chi connectivity index (χ1v) is 7.11. The van der Waals surface area contributed by atoms with Gasteiger partial charge in [-0.3, -0.25) is 0 Å². The van der Waals surface area contributed by atoms with Gasteiger partial charge in [-0.25, -0.2) is 9.78 Å². The Bertz CT molecular complexity index is 610. The first-order valence-electron chi connectivity index (χ1n) is 6.29. The predicted molar refractivity (Wildman–Crippen MR) is 81.0 cm³/mol. The van der Waals surface area contributed by atoms with Gasteiger partial charge < -0.3 is 15.8 Å². The van der Waals surface area contributed by atoms with Crippen LogP contribution < -0.4 is 11.1 Å². The lowest BCUT2D eigenvalue weighted by Gasteiger charge is -2.09. The van der Waals surface area contributed by atoms with Crippen LogP contribution >= 0.6 is 11.3 Å². The predicted octanol–water partition coefficient (Wildman–Crippen LogP) is 2.69. The van der Waals surface area contributed by atoms with Gasteiger partial charge in [0.25, 0.3) is 0 Å². The molecule has 1 aromatic heterocycles. The van der Waals surface area contributed by atoms with Crippen LogP contribution in [0, 0.1) is 0 Å². The normalized spacial score (nSPS) is 10.3. The van der Waals surface area contributed by atoms with Crippen molar-refractivity contribution in [3.05, 3.63) is 39.8 Å². The summed E-state index contributed by atoms with van der Waals surface area (Å²) in [4.78, 5) is 17.0. The van der Waals surface area contributed by atoms with Gasteiger partial charge in [0.05, 0.1) is 30.6 Å². The summed E-state index contributed by atoms with van der Waals surface area (Å²) in [5.41, 5.74) is 7.66. The molecule has 0 aliphatic rings. The second kappa shape index (κ2) is 6.38. The second-order valence-electron chi connectivity index (χ2n) is 4.22. The van der Waals surface area contributed by atoms with Crippen molar-refractivity contribution in [2.24, 2.45) is 0 Å². The largest absolute Gasteiger partial charge is 0.465 e. The van der Waals surface area contributed by atoms with Gasteiger partial charge in [0.15, 0.2) is 0 Å². The topological polar surface area (TPSA) is 77.2 Å². The Morgan fingerprint density at radius 3 is 2.90 bits per heavy atom. The van der Waals surface area contributed by atoms with E-state index in [1.807, 2.05) is 6.20 Å². The number of aryl methyl sites for hydroxylation is 1. The van der Waals surface area contributed by atoms with Crippen molar-refractivity contribution < 1.29 is 9.53 Å². The van der Waals surface area contributed by atoms with E-state index in [2.05, 4.69) is 22.0 Å². The van der Waals surface area contributed by atoms with E-state index < -0.39 is 5.97 Å². The van der Waals surface area contributed by atoms with Crippen LogP contribution in [0.2, 0.25) is 0 Å². The maximum absolute atomic E-state index is 11.4. The van der Waals surface area contributed by atoms with Crippen LogP contribution in [0.4, 0.5) is 11.4 Å². The third kappa shape index (κ3) is 3.27. The smallest absolute Gasteiger partial charge is 0.337 e. The maximum atomic E-state index is 11.4. The van der Waals surface area contributed by atoms with Crippen molar-refractivity contribution in [3.8, 4) is 0 Å². The van der Waals surface area contributed by atoms with Crippen LogP contribution in [0.3, 0.4) is 0 Å². The van der Waals surface area contributed by atoms with Gasteiger partial charge in [0.2, 0.25) is 0 Å². The molecule has 0 bridgehead atoms. The summed E-state index contributed by atoms with van der Waals surface area (Å²) in [6, 6.07) is 5.06. The molecule has 0 unspecified atom stereocenters. The Morgan fingerprint density at radius 2 is 2.30 bits per heavy atom. The van der Waals surface area contributed by atoms with E-state index in [0.717, 1.165) is 17.1 Å². The number of nitrogens with two attached hydrogens (primary N) is 1. The summed E-state index contributed by atoms with van der Waals surface area (Å²) in [6.07, 6.45) is 2.89. The molecule has 0 saturated heterocycles. The Kier molecular flexibility index (Phi) is 4.57. The maximum Gasteiger partial charge on any atom is 0.337 e. The number of rotatable bonds is 5. The molecule has 20 heavy (non-hydrogen) atoms. The van der Waals surface area contributed by atoms with Crippen molar-refractivity contribution in [3.63, 3.8) is 0 Å². The molecule has 0 spiro atoms. The first kappa shape index (κ1) is 14.3. The van der Waals surface area contributed by atoms with Crippen molar-refractivity contribution >= 4 is 28.7 Å². The van der Waals surface area contributed by atoms with E-state index in [4.69, 9.17) is 5.73 Å². The monoisotopic (exact) mass is 291 g/mol. The number of esters is 1. The minimum atomic E-state index is -0.393. The summed E-state index contributed by atoms with van der Waals surface area (Å²) in [6.45, 7) is 2.72. The summed E-state index contributed by atoms with van der Waals surface area (Å²) < 4.78 is 4.65. The number of methoxy groups -OCH3 is 1. The molecule has 0 fully saturated rings. The highest BCUT2D eigenvalue weighted by molar-refractivity contribution is 7.11. The third-order valence-corrected chi connectivity index (χ3v) is 3.99. The van der Waals surface area contributed by atoms with Gasteiger partial charge in [-0.1, -0.05) is 6.92 Å². The second-order valence-corrected chi connectivity index (χ2v) is 5.42. The quantitative estimate of drug-likeness (QED) is 0.654. The zero-order valence-corrected chi connectivity index (χ0v) is 12.3. The minimum absolute atomic E-state index is 0.393. The van der Waals surface area contributed by atoms with Gasteiger partial charge in [0.1, 0.15) is 5.01 Å². The molecular formula is C14H17N3O2S. The zero-order valence-electron chi connectivity index (χ0n) is 11.5. The summed E-state index contributed by atoms with van der Waals surface area (Å²) in [5, 5.41) is 4.23. The van der Waals surface area contributed by atoms with Crippen molar-refractivity contribution in [2.45, 2.75) is 19.9 Å². The fourth-order valence-corrected chi connectivity index (χ4v) is 2.53. The molecule has 0 saturated carbocycles. The van der Waals surface area contributed by atoms with Crippen LogP contribution in [-0.2, 0) is 17.7 Å². The van der Waals surface area contributed by atoms with Gasteiger partial charge in [0, 0.05) is 11.1 Å². The van der Waals surface area contributed by atoms with Crippen LogP contribution in [0.15, 0.2) is 24.4 Å². The molecule has 0 aliphatic carbocycles. The van der Waals surface area contributed by atoms with Gasteiger partial charge in [-0.2, -0.15) is 0 Å². The van der Waals surface area contributed by atoms with E-state index in [0.29, 0.717) is 17.8 Å².